The van der Waals surface area contributed by atoms with Crippen molar-refractivity contribution in [1.82, 2.24) is 9.97 Å². The first kappa shape index (κ1) is 34.9. The van der Waals surface area contributed by atoms with E-state index in [2.05, 4.69) is 65.4 Å². The third-order valence-corrected chi connectivity index (χ3v) is 9.24. The van der Waals surface area contributed by atoms with Crippen molar-refractivity contribution >= 4 is 23.4 Å². The van der Waals surface area contributed by atoms with Crippen molar-refractivity contribution < 1.29 is 19.1 Å². The number of aromatic nitrogens is 2. The fourth-order valence-corrected chi connectivity index (χ4v) is 7.27. The van der Waals surface area contributed by atoms with Crippen molar-refractivity contribution in [3.05, 3.63) is 78.7 Å². The van der Waals surface area contributed by atoms with E-state index >= 15 is 0 Å². The summed E-state index contributed by atoms with van der Waals surface area (Å²) in [5.41, 5.74) is 15.5. The molecule has 0 amide bonds. The van der Waals surface area contributed by atoms with E-state index in [0.29, 0.717) is 24.6 Å². The molecule has 2 aromatic rings. The zero-order valence-corrected chi connectivity index (χ0v) is 29.6. The van der Waals surface area contributed by atoms with Crippen LogP contribution in [0.15, 0.2) is 43.7 Å². The van der Waals surface area contributed by atoms with Gasteiger partial charge >= 0.3 is 11.9 Å². The van der Waals surface area contributed by atoms with E-state index in [9.17, 15) is 9.59 Å². The van der Waals surface area contributed by atoms with Crippen LogP contribution in [0.2, 0.25) is 0 Å². The van der Waals surface area contributed by atoms with Crippen molar-refractivity contribution in [3.63, 3.8) is 0 Å². The number of ether oxygens (including phenoxy) is 2. The van der Waals surface area contributed by atoms with Crippen molar-refractivity contribution in [2.45, 2.75) is 121 Å². The van der Waals surface area contributed by atoms with Gasteiger partial charge in [0.05, 0.1) is 47.4 Å². The highest BCUT2D eigenvalue weighted by atomic mass is 16.5. The average Bonchev–Trinajstić information content (AvgIpc) is 3.82. The number of rotatable bonds is 14. The van der Waals surface area contributed by atoms with Gasteiger partial charge in [0.25, 0.3) is 0 Å². The van der Waals surface area contributed by atoms with Crippen LogP contribution in [0.5, 0.6) is 0 Å². The second kappa shape index (κ2) is 15.1. The number of hydrogen-bond donors (Lipinski definition) is 2. The maximum atomic E-state index is 13.0. The molecule has 8 heteroatoms. The molecule has 0 aromatic carbocycles. The monoisotopic (exact) mass is 628 g/mol. The van der Waals surface area contributed by atoms with Crippen LogP contribution < -0.4 is 0 Å². The summed E-state index contributed by atoms with van der Waals surface area (Å²) in [6.45, 7) is 21.4. The molecule has 2 aliphatic rings. The Hall–Kier alpha value is -3.94. The Morgan fingerprint density at radius 3 is 1.07 bits per heavy atom. The Morgan fingerprint density at radius 2 is 0.804 bits per heavy atom. The van der Waals surface area contributed by atoms with Gasteiger partial charge in [-0.1, -0.05) is 55.4 Å². The highest BCUT2D eigenvalue weighted by Crippen LogP contribution is 2.43. The van der Waals surface area contributed by atoms with E-state index in [0.717, 1.165) is 108 Å². The lowest BCUT2D eigenvalue weighted by molar-refractivity contribution is 0.0509. The topological polar surface area (TPSA) is 109 Å². The average molecular weight is 629 g/mol. The van der Waals surface area contributed by atoms with Crippen molar-refractivity contribution in [3.8, 4) is 0 Å². The van der Waals surface area contributed by atoms with E-state index in [4.69, 9.17) is 19.5 Å². The van der Waals surface area contributed by atoms with E-state index in [1.807, 2.05) is 13.8 Å². The van der Waals surface area contributed by atoms with Crippen molar-refractivity contribution in [1.29, 1.82) is 0 Å². The standard InChI is InChI=1S/C38H52N4O4/c1-11-21-23(13-3)31(33-25(15-5)27(17-7)35(41-33)37(43)45-19-9)39-29(21)30-22(12-2)24(14-4)32(40-30)34-26(16-6)28(18-8)36(42-34)38(44)46-20-10/h41-42H,11-20H2,1-10H3/b30-29+. The lowest BCUT2D eigenvalue weighted by Gasteiger charge is -2.10. The first-order valence-electron chi connectivity index (χ1n) is 17.4. The molecule has 248 valence electrons. The predicted molar refractivity (Wildman–Crippen MR) is 186 cm³/mol. The van der Waals surface area contributed by atoms with Crippen molar-refractivity contribution in [2.75, 3.05) is 13.2 Å². The van der Waals surface area contributed by atoms with E-state index in [-0.39, 0.29) is 11.9 Å². The third kappa shape index (κ3) is 5.87. The number of H-pyrrole nitrogens is 2. The molecular formula is C38H52N4O4. The molecule has 2 aromatic heterocycles. The molecule has 0 aliphatic carbocycles. The van der Waals surface area contributed by atoms with Crippen LogP contribution in [-0.4, -0.2) is 46.5 Å². The number of carbonyl (C=O) groups excluding carboxylic acids is 2. The predicted octanol–water partition coefficient (Wildman–Crippen LogP) is 8.70. The van der Waals surface area contributed by atoms with Gasteiger partial charge in [-0.25, -0.2) is 19.6 Å². The second-order valence-corrected chi connectivity index (χ2v) is 11.5. The van der Waals surface area contributed by atoms with Gasteiger partial charge < -0.3 is 19.4 Å². The molecule has 46 heavy (non-hydrogen) atoms. The van der Waals surface area contributed by atoms with Gasteiger partial charge in [0.2, 0.25) is 0 Å². The normalized spacial score (nSPS) is 16.5. The van der Waals surface area contributed by atoms with E-state index in [1.165, 1.54) is 22.3 Å². The number of nitrogens with one attached hydrogen (secondary N) is 2. The number of esters is 2. The Morgan fingerprint density at radius 1 is 0.478 bits per heavy atom. The molecule has 4 heterocycles. The minimum atomic E-state index is -0.324. The van der Waals surface area contributed by atoms with Crippen LogP contribution in [0.25, 0.3) is 0 Å². The Kier molecular flexibility index (Phi) is 11.5. The Bertz CT molecular complexity index is 1550. The minimum absolute atomic E-state index is 0.322. The molecule has 0 spiro atoms. The van der Waals surface area contributed by atoms with Gasteiger partial charge in [-0.2, -0.15) is 0 Å². The quantitative estimate of drug-likeness (QED) is 0.204. The molecule has 2 N–H and O–H groups in total. The summed E-state index contributed by atoms with van der Waals surface area (Å²) in [6.07, 6.45) is 6.21. The van der Waals surface area contributed by atoms with Gasteiger partial charge in [-0.15, -0.1) is 0 Å². The first-order chi connectivity index (χ1) is 22.2. The Balaban J connectivity index is 2.02. The van der Waals surface area contributed by atoms with Crippen LogP contribution in [0.4, 0.5) is 0 Å². The van der Waals surface area contributed by atoms with Crippen LogP contribution in [-0.2, 0) is 35.2 Å². The third-order valence-electron chi connectivity index (χ3n) is 9.24. The summed E-state index contributed by atoms with van der Waals surface area (Å²) in [5.74, 6) is -0.647. The maximum Gasteiger partial charge on any atom is 0.355 e. The smallest absolute Gasteiger partial charge is 0.355 e. The highest BCUT2D eigenvalue weighted by Gasteiger charge is 2.35. The second-order valence-electron chi connectivity index (χ2n) is 11.5. The SMILES string of the molecule is CCOC(=O)c1[nH]c(C2=N/C(=C3/N=C(c4[nH]c(C(=O)OCC)c(CC)c4CC)C(CC)=C3CC)C(CC)=C2CC)c(CC)c1CC. The Labute approximate surface area is 274 Å². The summed E-state index contributed by atoms with van der Waals surface area (Å²) < 4.78 is 10.9. The zero-order chi connectivity index (χ0) is 33.7. The zero-order valence-electron chi connectivity index (χ0n) is 29.6. The van der Waals surface area contributed by atoms with E-state index in [1.54, 1.807) is 0 Å². The molecule has 0 radical (unpaired) electrons. The minimum Gasteiger partial charge on any atom is -0.461 e. The fraction of sp³-hybridized carbons (Fsp3) is 0.526. The number of carbonyl (C=O) groups is 2. The van der Waals surface area contributed by atoms with Gasteiger partial charge in [-0.3, -0.25) is 0 Å². The molecule has 0 atom stereocenters. The number of hydrogen-bond acceptors (Lipinski definition) is 6. The van der Waals surface area contributed by atoms with Gasteiger partial charge in [0.15, 0.2) is 0 Å². The molecule has 4 rings (SSSR count). The molecule has 0 saturated heterocycles. The number of aromatic amines is 2. The molecule has 0 bridgehead atoms. The molecule has 0 fully saturated rings. The lowest BCUT2D eigenvalue weighted by atomic mass is 9.92. The molecule has 2 aliphatic heterocycles. The lowest BCUT2D eigenvalue weighted by Crippen LogP contribution is -2.09. The summed E-state index contributed by atoms with van der Waals surface area (Å²) in [5, 5.41) is 0. The molecule has 8 nitrogen and oxygen atoms in total. The summed E-state index contributed by atoms with van der Waals surface area (Å²) in [6, 6.07) is 0. The van der Waals surface area contributed by atoms with E-state index < -0.39 is 0 Å². The fourth-order valence-electron chi connectivity index (χ4n) is 7.27. The van der Waals surface area contributed by atoms with Crippen LogP contribution in [0.1, 0.15) is 150 Å². The maximum absolute atomic E-state index is 13.0. The number of aliphatic imine (C=N–C) groups is 2. The van der Waals surface area contributed by atoms with Gasteiger partial charge in [0, 0.05) is 0 Å². The number of allylic oxidation sites excluding steroid dienone is 4. The van der Waals surface area contributed by atoms with Gasteiger partial charge in [0.1, 0.15) is 11.4 Å². The summed E-state index contributed by atoms with van der Waals surface area (Å²) in [7, 11) is 0. The molecular weight excluding hydrogens is 576 g/mol. The summed E-state index contributed by atoms with van der Waals surface area (Å²) in [4.78, 5) is 43.7. The van der Waals surface area contributed by atoms with Gasteiger partial charge in [-0.05, 0) is 110 Å². The summed E-state index contributed by atoms with van der Waals surface area (Å²) >= 11 is 0. The number of nitrogens with zero attached hydrogens (tertiary/aromatic N) is 2. The van der Waals surface area contributed by atoms with Crippen LogP contribution in [0.3, 0.4) is 0 Å². The van der Waals surface area contributed by atoms with Crippen LogP contribution in [0, 0.1) is 0 Å². The molecule has 0 saturated carbocycles. The van der Waals surface area contributed by atoms with Crippen LogP contribution >= 0.6 is 0 Å². The van der Waals surface area contributed by atoms with Crippen molar-refractivity contribution in [2.24, 2.45) is 9.98 Å². The highest BCUT2D eigenvalue weighted by molar-refractivity contribution is 6.18. The first-order valence-corrected chi connectivity index (χ1v) is 17.4. The molecule has 0 unspecified atom stereocenters. The largest absolute Gasteiger partial charge is 0.461 e.